The number of carbonyl (C=O) groups excluding carboxylic acids is 4. The van der Waals surface area contributed by atoms with Crippen LogP contribution >= 0.6 is 0 Å². The molecule has 1 saturated heterocycles. The lowest BCUT2D eigenvalue weighted by Gasteiger charge is -2.30. The van der Waals surface area contributed by atoms with Crippen molar-refractivity contribution < 1.29 is 33.4 Å². The molecular weight excluding hydrogens is 426 g/mol. The minimum absolute atomic E-state index is 0.205. The Morgan fingerprint density at radius 2 is 1.79 bits per heavy atom. The number of nitrogens with zero attached hydrogens (tertiary/aromatic N) is 1. The normalized spacial score (nSPS) is 18.2. The molecule has 0 saturated carbocycles. The van der Waals surface area contributed by atoms with Crippen LogP contribution in [0, 0.1) is 5.92 Å². The van der Waals surface area contributed by atoms with Gasteiger partial charge in [0.25, 0.3) is 5.91 Å². The summed E-state index contributed by atoms with van der Waals surface area (Å²) in [7, 11) is 1.35. The fraction of sp³-hybridized carbons (Fsp3) is 0.360. The van der Waals surface area contributed by atoms with Crippen molar-refractivity contribution >= 4 is 23.8 Å². The fourth-order valence-electron chi connectivity index (χ4n) is 4.21. The monoisotopic (exact) mass is 451 g/mol. The summed E-state index contributed by atoms with van der Waals surface area (Å²) in [4.78, 5) is 50.6. The molecule has 8 heteroatoms. The molecule has 172 valence electrons. The highest BCUT2D eigenvalue weighted by Crippen LogP contribution is 2.31. The zero-order valence-corrected chi connectivity index (χ0v) is 18.3. The lowest BCUT2D eigenvalue weighted by atomic mass is 9.93. The summed E-state index contributed by atoms with van der Waals surface area (Å²) >= 11 is 0. The van der Waals surface area contributed by atoms with Gasteiger partial charge in [-0.1, -0.05) is 30.3 Å². The number of piperidine rings is 1. The van der Waals surface area contributed by atoms with E-state index in [0.717, 1.165) is 5.56 Å². The molecular formula is C25H25NO7. The van der Waals surface area contributed by atoms with Gasteiger partial charge in [0.15, 0.2) is 6.61 Å². The molecule has 0 aromatic heterocycles. The van der Waals surface area contributed by atoms with Gasteiger partial charge >= 0.3 is 17.9 Å². The quantitative estimate of drug-likeness (QED) is 0.509. The number of ether oxygens (including phenoxy) is 3. The van der Waals surface area contributed by atoms with Crippen molar-refractivity contribution in [2.75, 3.05) is 26.8 Å². The third-order valence-electron chi connectivity index (χ3n) is 6.10. The van der Waals surface area contributed by atoms with Gasteiger partial charge in [-0.25, -0.2) is 9.59 Å². The first kappa shape index (κ1) is 22.5. The van der Waals surface area contributed by atoms with E-state index >= 15 is 0 Å². The number of hydrogen-bond donors (Lipinski definition) is 0. The molecule has 4 rings (SSSR count). The molecule has 1 atom stereocenters. The average molecular weight is 451 g/mol. The second kappa shape index (κ2) is 9.85. The maximum absolute atomic E-state index is 12.6. The Labute approximate surface area is 191 Å². The number of amides is 1. The summed E-state index contributed by atoms with van der Waals surface area (Å²) in [5, 5.41) is 0. The molecule has 8 nitrogen and oxygen atoms in total. The predicted octanol–water partition coefficient (Wildman–Crippen LogP) is 2.71. The molecule has 0 N–H and O–H groups in total. The Bertz CT molecular complexity index is 1060. The Morgan fingerprint density at radius 1 is 1.06 bits per heavy atom. The topological polar surface area (TPSA) is 99.2 Å². The van der Waals surface area contributed by atoms with Gasteiger partial charge in [-0.15, -0.1) is 0 Å². The van der Waals surface area contributed by atoms with Crippen LogP contribution in [0.15, 0.2) is 48.5 Å². The molecule has 0 bridgehead atoms. The first-order valence-corrected chi connectivity index (χ1v) is 10.9. The van der Waals surface area contributed by atoms with Gasteiger partial charge in [-0.2, -0.15) is 0 Å². The molecule has 0 radical (unpaired) electrons. The largest absolute Gasteiger partial charge is 0.469 e. The Balaban J connectivity index is 1.35. The van der Waals surface area contributed by atoms with Crippen LogP contribution in [0.1, 0.15) is 50.8 Å². The summed E-state index contributed by atoms with van der Waals surface area (Å²) in [6, 6.07) is 14.1. The van der Waals surface area contributed by atoms with E-state index in [1.807, 2.05) is 30.3 Å². The standard InChI is InChI=1S/C25H25NO7/c1-31-23(28)17-9-11-26(12-10-17)22(27)15-32-24(29)18-7-8-20-19(13-18)14-21(33-25(20)30)16-5-3-2-4-6-16/h2-8,13,17,21H,9-12,14-15H2,1H3. The third kappa shape index (κ3) is 5.05. The van der Waals surface area contributed by atoms with Gasteiger partial charge in [0.2, 0.25) is 0 Å². The van der Waals surface area contributed by atoms with Crippen LogP contribution in [0.25, 0.3) is 0 Å². The fourth-order valence-corrected chi connectivity index (χ4v) is 4.21. The van der Waals surface area contributed by atoms with E-state index in [1.54, 1.807) is 17.0 Å². The van der Waals surface area contributed by atoms with Crippen molar-refractivity contribution in [3.05, 3.63) is 70.8 Å². The molecule has 1 fully saturated rings. The van der Waals surface area contributed by atoms with Gasteiger partial charge in [-0.05, 0) is 42.2 Å². The zero-order valence-electron chi connectivity index (χ0n) is 18.3. The van der Waals surface area contributed by atoms with Gasteiger partial charge < -0.3 is 19.1 Å². The Morgan fingerprint density at radius 3 is 2.48 bits per heavy atom. The number of cyclic esters (lactones) is 1. The van der Waals surface area contributed by atoms with E-state index in [-0.39, 0.29) is 30.0 Å². The second-order valence-electron chi connectivity index (χ2n) is 8.14. The highest BCUT2D eigenvalue weighted by Gasteiger charge is 2.30. The highest BCUT2D eigenvalue weighted by atomic mass is 16.5. The number of esters is 3. The summed E-state index contributed by atoms with van der Waals surface area (Å²) in [5.74, 6) is -1.85. The number of benzene rings is 2. The summed E-state index contributed by atoms with van der Waals surface area (Å²) in [5.41, 5.74) is 2.27. The molecule has 2 aromatic rings. The molecule has 2 aliphatic heterocycles. The van der Waals surface area contributed by atoms with Crippen LogP contribution in [-0.2, 0) is 30.2 Å². The molecule has 1 amide bonds. The number of likely N-dealkylation sites (tertiary alicyclic amines) is 1. The van der Waals surface area contributed by atoms with Crippen molar-refractivity contribution in [3.8, 4) is 0 Å². The van der Waals surface area contributed by atoms with Crippen LogP contribution in [-0.4, -0.2) is 55.5 Å². The van der Waals surface area contributed by atoms with Crippen molar-refractivity contribution in [2.45, 2.75) is 25.4 Å². The smallest absolute Gasteiger partial charge is 0.339 e. The van der Waals surface area contributed by atoms with E-state index in [0.29, 0.717) is 43.5 Å². The van der Waals surface area contributed by atoms with Crippen LogP contribution in [0.4, 0.5) is 0 Å². The van der Waals surface area contributed by atoms with Crippen molar-refractivity contribution in [1.82, 2.24) is 4.90 Å². The highest BCUT2D eigenvalue weighted by molar-refractivity contribution is 5.96. The van der Waals surface area contributed by atoms with E-state index in [1.165, 1.54) is 13.2 Å². The molecule has 2 aromatic carbocycles. The van der Waals surface area contributed by atoms with Crippen LogP contribution in [0.3, 0.4) is 0 Å². The van der Waals surface area contributed by atoms with E-state index < -0.39 is 18.0 Å². The minimum Gasteiger partial charge on any atom is -0.469 e. The van der Waals surface area contributed by atoms with Gasteiger partial charge in [0, 0.05) is 19.5 Å². The third-order valence-corrected chi connectivity index (χ3v) is 6.10. The number of hydrogen-bond acceptors (Lipinski definition) is 7. The van der Waals surface area contributed by atoms with Crippen molar-refractivity contribution in [1.29, 1.82) is 0 Å². The second-order valence-corrected chi connectivity index (χ2v) is 8.14. The van der Waals surface area contributed by atoms with Crippen LogP contribution in [0.5, 0.6) is 0 Å². The summed E-state index contributed by atoms with van der Waals surface area (Å²) < 4.78 is 15.5. The number of methoxy groups -OCH3 is 1. The average Bonchev–Trinajstić information content (AvgIpc) is 2.86. The van der Waals surface area contributed by atoms with E-state index in [4.69, 9.17) is 14.2 Å². The van der Waals surface area contributed by atoms with Crippen LogP contribution in [0.2, 0.25) is 0 Å². The predicted molar refractivity (Wildman–Crippen MR) is 116 cm³/mol. The number of carbonyl (C=O) groups is 4. The molecule has 33 heavy (non-hydrogen) atoms. The summed E-state index contributed by atoms with van der Waals surface area (Å²) in [6.45, 7) is 0.448. The first-order valence-electron chi connectivity index (χ1n) is 10.9. The van der Waals surface area contributed by atoms with E-state index in [9.17, 15) is 19.2 Å². The molecule has 2 heterocycles. The Hall–Kier alpha value is -3.68. The number of fused-ring (bicyclic) bond motifs is 1. The lowest BCUT2D eigenvalue weighted by molar-refractivity contribution is -0.149. The zero-order chi connectivity index (χ0) is 23.4. The SMILES string of the molecule is COC(=O)C1CCN(C(=O)COC(=O)c2ccc3c(c2)CC(c2ccccc2)OC3=O)CC1. The van der Waals surface area contributed by atoms with Gasteiger partial charge in [0.1, 0.15) is 6.10 Å². The first-order chi connectivity index (χ1) is 16.0. The number of rotatable bonds is 5. The maximum Gasteiger partial charge on any atom is 0.339 e. The summed E-state index contributed by atoms with van der Waals surface area (Å²) in [6.07, 6.45) is 1.07. The minimum atomic E-state index is -0.634. The lowest BCUT2D eigenvalue weighted by Crippen LogP contribution is -2.42. The van der Waals surface area contributed by atoms with Gasteiger partial charge in [0.05, 0.1) is 24.2 Å². The molecule has 2 aliphatic rings. The molecule has 0 aliphatic carbocycles. The molecule has 1 unspecified atom stereocenters. The van der Waals surface area contributed by atoms with Crippen molar-refractivity contribution in [3.63, 3.8) is 0 Å². The van der Waals surface area contributed by atoms with Crippen LogP contribution < -0.4 is 0 Å². The molecule has 0 spiro atoms. The van der Waals surface area contributed by atoms with Gasteiger partial charge in [-0.3, -0.25) is 9.59 Å². The maximum atomic E-state index is 12.6. The van der Waals surface area contributed by atoms with E-state index in [2.05, 4.69) is 0 Å². The Kier molecular flexibility index (Phi) is 6.72. The van der Waals surface area contributed by atoms with Crippen molar-refractivity contribution in [2.24, 2.45) is 5.92 Å².